The molecule has 0 atom stereocenters. The second-order valence-electron chi connectivity index (χ2n) is 11.2. The van der Waals surface area contributed by atoms with Gasteiger partial charge in [-0.2, -0.15) is 0 Å². The van der Waals surface area contributed by atoms with Crippen LogP contribution in [-0.4, -0.2) is 0 Å². The first-order chi connectivity index (χ1) is 21.4. The molecule has 9 rings (SSSR count). The molecule has 0 saturated heterocycles. The van der Waals surface area contributed by atoms with E-state index in [1.54, 1.807) is 97.1 Å². The second kappa shape index (κ2) is 8.24. The van der Waals surface area contributed by atoms with Gasteiger partial charge in [0.2, 0.25) is 0 Å². The molecule has 0 aliphatic heterocycles. The Kier molecular flexibility index (Phi) is 4.58. The Hall–Kier alpha value is -6.14. The van der Waals surface area contributed by atoms with Crippen molar-refractivity contribution in [3.63, 3.8) is 0 Å². The summed E-state index contributed by atoms with van der Waals surface area (Å²) in [6.45, 7) is 0. The lowest BCUT2D eigenvalue weighted by Gasteiger charge is -2.11. The molecule has 0 fully saturated rings. The Bertz CT molecular complexity index is 2950. The van der Waals surface area contributed by atoms with Crippen LogP contribution in [0.4, 0.5) is 0 Å². The minimum Gasteiger partial charge on any atom is -0.289 e. The molecular weight excluding hydrogens is 552 g/mol. The van der Waals surface area contributed by atoms with Gasteiger partial charge in [0.25, 0.3) is 0 Å². The zero-order chi connectivity index (χ0) is 30.0. The monoisotopic (exact) mass is 568 g/mol. The van der Waals surface area contributed by atoms with E-state index in [4.69, 9.17) is 0 Å². The highest BCUT2D eigenvalue weighted by Gasteiger charge is 2.22. The molecule has 0 heterocycles. The highest BCUT2D eigenvalue weighted by atomic mass is 16.1. The van der Waals surface area contributed by atoms with E-state index in [9.17, 15) is 28.8 Å². The summed E-state index contributed by atoms with van der Waals surface area (Å²) < 4.78 is 0. The Morgan fingerprint density at radius 3 is 0.841 bits per heavy atom. The van der Waals surface area contributed by atoms with E-state index in [1.807, 2.05) is 0 Å². The topological polar surface area (TPSA) is 102 Å². The maximum Gasteiger partial charge on any atom is 0.195 e. The zero-order valence-corrected chi connectivity index (χ0v) is 22.7. The van der Waals surface area contributed by atoms with Crippen molar-refractivity contribution < 1.29 is 0 Å². The lowest BCUT2D eigenvalue weighted by Crippen LogP contribution is -2.17. The van der Waals surface area contributed by atoms with Crippen LogP contribution >= 0.6 is 0 Å². The van der Waals surface area contributed by atoms with Gasteiger partial charge in [-0.3, -0.25) is 28.8 Å². The summed E-state index contributed by atoms with van der Waals surface area (Å²) in [5.74, 6) is 0. The molecule has 9 aromatic carbocycles. The molecule has 6 heteroatoms. The molecule has 0 unspecified atom stereocenters. The van der Waals surface area contributed by atoms with Crippen molar-refractivity contribution in [3.8, 4) is 0 Å². The zero-order valence-electron chi connectivity index (χ0n) is 22.7. The molecule has 0 radical (unpaired) electrons. The Morgan fingerprint density at radius 1 is 0.227 bits per heavy atom. The highest BCUT2D eigenvalue weighted by molar-refractivity contribution is 6.28. The van der Waals surface area contributed by atoms with Crippen molar-refractivity contribution >= 4 is 86.2 Å². The van der Waals surface area contributed by atoms with Gasteiger partial charge in [0, 0.05) is 75.4 Å². The van der Waals surface area contributed by atoms with Crippen LogP contribution in [-0.2, 0) is 0 Å². The first-order valence-electron chi connectivity index (χ1n) is 14.0. The third kappa shape index (κ3) is 2.84. The van der Waals surface area contributed by atoms with E-state index in [-0.39, 0.29) is 86.3 Å². The summed E-state index contributed by atoms with van der Waals surface area (Å²) in [6.07, 6.45) is 0. The van der Waals surface area contributed by atoms with Crippen LogP contribution in [0, 0.1) is 0 Å². The quantitative estimate of drug-likeness (QED) is 0.180. The maximum absolute atomic E-state index is 14.8. The van der Waals surface area contributed by atoms with Crippen LogP contribution in [0.5, 0.6) is 0 Å². The van der Waals surface area contributed by atoms with Crippen molar-refractivity contribution in [2.24, 2.45) is 0 Å². The first-order valence-corrected chi connectivity index (χ1v) is 14.0. The molecule has 44 heavy (non-hydrogen) atoms. The maximum atomic E-state index is 14.8. The van der Waals surface area contributed by atoms with E-state index in [0.717, 1.165) is 0 Å². The first kappa shape index (κ1) is 24.5. The smallest absolute Gasteiger partial charge is 0.195 e. The van der Waals surface area contributed by atoms with Gasteiger partial charge in [0.15, 0.2) is 32.6 Å². The van der Waals surface area contributed by atoms with Gasteiger partial charge < -0.3 is 0 Å². The minimum absolute atomic E-state index is 0.0115. The standard InChI is InChI=1S/C38H16O6/c39-33-19-5-1-3-7-21(19)36(42)29-23(33)13-9-17-11-15-25-31(27(17)29)38(44)32-26(35(25)41)16-12-18-10-14-24-30(28(18)32)37(43)22-8-4-2-6-20(22)34(24)40/h1-16H. The second-order valence-corrected chi connectivity index (χ2v) is 11.2. The predicted molar refractivity (Wildman–Crippen MR) is 178 cm³/mol. The third-order valence-corrected chi connectivity index (χ3v) is 9.09. The van der Waals surface area contributed by atoms with E-state index >= 15 is 0 Å². The van der Waals surface area contributed by atoms with Crippen LogP contribution in [0.25, 0.3) is 86.2 Å². The number of hydrogen-bond donors (Lipinski definition) is 0. The van der Waals surface area contributed by atoms with Crippen LogP contribution in [0.2, 0.25) is 0 Å². The van der Waals surface area contributed by atoms with Gasteiger partial charge in [-0.05, 0) is 35.0 Å². The third-order valence-electron chi connectivity index (χ3n) is 9.09. The summed E-state index contributed by atoms with van der Waals surface area (Å²) in [7, 11) is 0. The molecule has 0 bridgehead atoms. The van der Waals surface area contributed by atoms with Crippen molar-refractivity contribution in [3.05, 3.63) is 158 Å². The van der Waals surface area contributed by atoms with Crippen LogP contribution < -0.4 is 32.6 Å². The molecule has 0 aliphatic rings. The molecule has 6 nitrogen and oxygen atoms in total. The van der Waals surface area contributed by atoms with E-state index in [0.29, 0.717) is 10.8 Å². The van der Waals surface area contributed by atoms with Crippen LogP contribution in [0.1, 0.15) is 0 Å². The Morgan fingerprint density at radius 2 is 0.500 bits per heavy atom. The van der Waals surface area contributed by atoms with Crippen LogP contribution in [0.15, 0.2) is 126 Å². The summed E-state index contributed by atoms with van der Waals surface area (Å²) in [5.41, 5.74) is -2.50. The highest BCUT2D eigenvalue weighted by Crippen LogP contribution is 2.33. The number of benzene rings is 9. The van der Waals surface area contributed by atoms with E-state index in [2.05, 4.69) is 0 Å². The molecule has 0 saturated carbocycles. The van der Waals surface area contributed by atoms with Crippen molar-refractivity contribution in [1.82, 2.24) is 0 Å². The molecule has 0 spiro atoms. The van der Waals surface area contributed by atoms with E-state index in [1.165, 1.54) is 0 Å². The summed E-state index contributed by atoms with van der Waals surface area (Å²) in [5, 5.41) is 3.24. The predicted octanol–water partition coefficient (Wildman–Crippen LogP) is 5.39. The average Bonchev–Trinajstić information content (AvgIpc) is 3.06. The van der Waals surface area contributed by atoms with Gasteiger partial charge in [-0.1, -0.05) is 72.8 Å². The average molecular weight is 569 g/mol. The van der Waals surface area contributed by atoms with Gasteiger partial charge in [0.05, 0.1) is 0 Å². The van der Waals surface area contributed by atoms with Crippen molar-refractivity contribution in [1.29, 1.82) is 0 Å². The SMILES string of the molecule is O=c1c2ccccc2c(=O)c2c1ccc1ccc3c(=O)c4ccc5ccc6c(=O)c7ccccc7c(=O)c6c5c4c(=O)c3c12. The molecule has 204 valence electrons. The molecule has 0 N–H and O–H groups in total. The fourth-order valence-electron chi connectivity index (χ4n) is 7.12. The molecule has 0 aromatic heterocycles. The molecule has 0 amide bonds. The number of fused-ring (bicyclic) bond motifs is 12. The van der Waals surface area contributed by atoms with Crippen molar-refractivity contribution in [2.75, 3.05) is 0 Å². The van der Waals surface area contributed by atoms with Gasteiger partial charge in [-0.25, -0.2) is 0 Å². The molecule has 9 aromatic rings. The van der Waals surface area contributed by atoms with Crippen molar-refractivity contribution in [2.45, 2.75) is 0 Å². The summed E-state index contributed by atoms with van der Waals surface area (Å²) in [4.78, 5) is 83.9. The van der Waals surface area contributed by atoms with Gasteiger partial charge >= 0.3 is 0 Å². The van der Waals surface area contributed by atoms with E-state index < -0.39 is 21.7 Å². The summed E-state index contributed by atoms with van der Waals surface area (Å²) >= 11 is 0. The summed E-state index contributed by atoms with van der Waals surface area (Å²) in [6, 6.07) is 26.0. The van der Waals surface area contributed by atoms with Crippen LogP contribution in [0.3, 0.4) is 0 Å². The lowest BCUT2D eigenvalue weighted by molar-refractivity contribution is 1.66. The molecule has 0 aliphatic carbocycles. The Labute approximate surface area is 244 Å². The Balaban J connectivity index is 1.64. The number of hydrogen-bond acceptors (Lipinski definition) is 6. The fraction of sp³-hybridized carbons (Fsp3) is 0. The largest absolute Gasteiger partial charge is 0.289 e. The molecular formula is C38H16O6. The lowest BCUT2D eigenvalue weighted by atomic mass is 9.89. The normalized spacial score (nSPS) is 12.2. The van der Waals surface area contributed by atoms with Gasteiger partial charge in [0.1, 0.15) is 0 Å². The number of rotatable bonds is 0. The van der Waals surface area contributed by atoms with Gasteiger partial charge in [-0.15, -0.1) is 0 Å². The fourth-order valence-corrected chi connectivity index (χ4v) is 7.12. The minimum atomic E-state index is -0.550.